The van der Waals surface area contributed by atoms with Crippen LogP contribution < -0.4 is 5.56 Å². The number of aromatic nitrogens is 2. The van der Waals surface area contributed by atoms with Crippen LogP contribution in [0, 0.1) is 11.3 Å². The second-order valence-corrected chi connectivity index (χ2v) is 8.69. The van der Waals surface area contributed by atoms with Gasteiger partial charge >= 0.3 is 0 Å². The van der Waals surface area contributed by atoms with Crippen molar-refractivity contribution >= 4 is 0 Å². The molecule has 1 aromatic heterocycles. The number of nitriles is 1. The second-order valence-electron chi connectivity index (χ2n) is 8.69. The molecule has 6 heteroatoms. The molecule has 0 N–H and O–H groups in total. The van der Waals surface area contributed by atoms with E-state index < -0.39 is 0 Å². The number of benzene rings is 2. The molecule has 0 radical (unpaired) electrons. The topological polar surface area (TPSA) is 71.2 Å². The quantitative estimate of drug-likeness (QED) is 0.509. The zero-order chi connectivity index (χ0) is 23.9. The monoisotopic (exact) mass is 456 g/mol. The van der Waals surface area contributed by atoms with Crippen LogP contribution in [0.25, 0.3) is 11.1 Å². The lowest BCUT2D eigenvalue weighted by Gasteiger charge is -2.27. The number of nitrogens with zero attached hydrogens (tertiary/aromatic N) is 4. The van der Waals surface area contributed by atoms with Crippen molar-refractivity contribution in [1.29, 1.82) is 5.26 Å². The molecular formula is C28H32N4O2. The molecule has 2 aromatic carbocycles. The van der Waals surface area contributed by atoms with Gasteiger partial charge in [-0.3, -0.25) is 14.3 Å². The van der Waals surface area contributed by atoms with Gasteiger partial charge in [0.05, 0.1) is 42.6 Å². The highest BCUT2D eigenvalue weighted by Crippen LogP contribution is 2.24. The molecule has 0 unspecified atom stereocenters. The number of hydrogen-bond acceptors (Lipinski definition) is 5. The lowest BCUT2D eigenvalue weighted by Crippen LogP contribution is -2.39. The molecule has 0 aliphatic carbocycles. The minimum absolute atomic E-state index is 0.0701. The summed E-state index contributed by atoms with van der Waals surface area (Å²) in [4.78, 5) is 21.0. The molecule has 0 atom stereocenters. The summed E-state index contributed by atoms with van der Waals surface area (Å²) >= 11 is 0. The van der Waals surface area contributed by atoms with Crippen molar-refractivity contribution in [2.24, 2.45) is 0 Å². The van der Waals surface area contributed by atoms with Crippen LogP contribution in [-0.2, 0) is 30.7 Å². The molecule has 2 heterocycles. The van der Waals surface area contributed by atoms with E-state index in [-0.39, 0.29) is 5.56 Å². The Morgan fingerprint density at radius 1 is 1.03 bits per heavy atom. The predicted octanol–water partition coefficient (Wildman–Crippen LogP) is 4.18. The van der Waals surface area contributed by atoms with Crippen molar-refractivity contribution in [3.8, 4) is 17.2 Å². The fourth-order valence-corrected chi connectivity index (χ4v) is 4.50. The lowest BCUT2D eigenvalue weighted by molar-refractivity contribution is 0.0337. The van der Waals surface area contributed by atoms with Crippen LogP contribution >= 0.6 is 0 Å². The molecule has 3 aromatic rings. The molecule has 1 aliphatic rings. The summed E-state index contributed by atoms with van der Waals surface area (Å²) in [7, 11) is 0. The Hall–Kier alpha value is -3.27. The summed E-state index contributed by atoms with van der Waals surface area (Å²) in [5.74, 6) is 0.856. The molecule has 0 saturated carbocycles. The Balaban J connectivity index is 1.66. The van der Waals surface area contributed by atoms with Crippen LogP contribution in [0.5, 0.6) is 0 Å². The summed E-state index contributed by atoms with van der Waals surface area (Å²) in [5.41, 5.74) is 5.41. The van der Waals surface area contributed by atoms with Crippen molar-refractivity contribution in [1.82, 2.24) is 14.5 Å². The van der Waals surface area contributed by atoms with Gasteiger partial charge in [0, 0.05) is 26.1 Å². The normalized spacial score (nSPS) is 14.1. The van der Waals surface area contributed by atoms with Crippen LogP contribution in [0.4, 0.5) is 0 Å². The van der Waals surface area contributed by atoms with Gasteiger partial charge in [0.1, 0.15) is 5.82 Å². The maximum Gasteiger partial charge on any atom is 0.258 e. The zero-order valence-electron chi connectivity index (χ0n) is 20.1. The molecular weight excluding hydrogens is 424 g/mol. The standard InChI is InChI=1S/C28H32N4O2/c1-3-7-27-30-26(4-2)25(20-31-14-16-34-17-15-31)28(33)32(27)19-21-10-12-22(13-11-21)24-9-6-5-8-23(24)18-29/h5-6,8-13H,3-4,7,14-17,19-20H2,1-2H3. The van der Waals surface area contributed by atoms with E-state index in [0.29, 0.717) is 31.9 Å². The molecule has 1 aliphatic heterocycles. The zero-order valence-corrected chi connectivity index (χ0v) is 20.1. The van der Waals surface area contributed by atoms with E-state index in [9.17, 15) is 10.1 Å². The van der Waals surface area contributed by atoms with Crippen molar-refractivity contribution in [3.05, 3.63) is 87.1 Å². The van der Waals surface area contributed by atoms with Gasteiger partial charge in [-0.05, 0) is 35.6 Å². The lowest BCUT2D eigenvalue weighted by atomic mass is 9.99. The molecule has 6 nitrogen and oxygen atoms in total. The highest BCUT2D eigenvalue weighted by Gasteiger charge is 2.20. The number of rotatable bonds is 8. The van der Waals surface area contributed by atoms with Gasteiger partial charge in [-0.1, -0.05) is 56.3 Å². The van der Waals surface area contributed by atoms with Gasteiger partial charge in [0.25, 0.3) is 5.56 Å². The van der Waals surface area contributed by atoms with Crippen molar-refractivity contribution < 1.29 is 4.74 Å². The van der Waals surface area contributed by atoms with Gasteiger partial charge in [-0.2, -0.15) is 5.26 Å². The highest BCUT2D eigenvalue weighted by molar-refractivity contribution is 5.70. The summed E-state index contributed by atoms with van der Waals surface area (Å²) in [5, 5.41) is 9.42. The fraction of sp³-hybridized carbons (Fsp3) is 0.393. The third kappa shape index (κ3) is 5.27. The van der Waals surface area contributed by atoms with Crippen LogP contribution in [0.3, 0.4) is 0 Å². The van der Waals surface area contributed by atoms with E-state index in [1.54, 1.807) is 0 Å². The van der Waals surface area contributed by atoms with Gasteiger partial charge in [0.15, 0.2) is 0 Å². The summed E-state index contributed by atoms with van der Waals surface area (Å²) < 4.78 is 7.33. The molecule has 4 rings (SSSR count). The minimum atomic E-state index is 0.0701. The van der Waals surface area contributed by atoms with Gasteiger partial charge in [-0.15, -0.1) is 0 Å². The highest BCUT2D eigenvalue weighted by atomic mass is 16.5. The Kier molecular flexibility index (Phi) is 7.89. The Labute approximate surface area is 201 Å². The average molecular weight is 457 g/mol. The van der Waals surface area contributed by atoms with Crippen LogP contribution in [0.2, 0.25) is 0 Å². The average Bonchev–Trinajstić information content (AvgIpc) is 2.88. The maximum atomic E-state index is 13.7. The first-order valence-corrected chi connectivity index (χ1v) is 12.1. The second kappa shape index (κ2) is 11.2. The van der Waals surface area contributed by atoms with Crippen molar-refractivity contribution in [2.75, 3.05) is 26.3 Å². The first-order valence-electron chi connectivity index (χ1n) is 12.1. The number of aryl methyl sites for hydroxylation is 2. The molecule has 1 fully saturated rings. The molecule has 34 heavy (non-hydrogen) atoms. The number of hydrogen-bond donors (Lipinski definition) is 0. The summed E-state index contributed by atoms with van der Waals surface area (Å²) in [6.45, 7) is 8.39. The summed E-state index contributed by atoms with van der Waals surface area (Å²) in [6.07, 6.45) is 2.45. The molecule has 0 bridgehead atoms. The first-order chi connectivity index (χ1) is 16.6. The maximum absolute atomic E-state index is 13.7. The van der Waals surface area contributed by atoms with E-state index in [1.807, 2.05) is 53.1 Å². The number of morpholine rings is 1. The predicted molar refractivity (Wildman–Crippen MR) is 134 cm³/mol. The molecule has 0 spiro atoms. The Morgan fingerprint density at radius 3 is 2.44 bits per heavy atom. The molecule has 176 valence electrons. The van der Waals surface area contributed by atoms with Gasteiger partial charge < -0.3 is 4.74 Å². The van der Waals surface area contributed by atoms with Crippen LogP contribution in [0.1, 0.15) is 48.5 Å². The Bertz CT molecular complexity index is 1220. The fourth-order valence-electron chi connectivity index (χ4n) is 4.50. The van der Waals surface area contributed by atoms with E-state index in [2.05, 4.69) is 24.8 Å². The minimum Gasteiger partial charge on any atom is -0.379 e. The van der Waals surface area contributed by atoms with E-state index in [4.69, 9.17) is 9.72 Å². The third-order valence-corrected chi connectivity index (χ3v) is 6.37. The first kappa shape index (κ1) is 23.9. The van der Waals surface area contributed by atoms with E-state index in [1.165, 1.54) is 0 Å². The largest absolute Gasteiger partial charge is 0.379 e. The van der Waals surface area contributed by atoms with E-state index in [0.717, 1.165) is 66.1 Å². The smallest absolute Gasteiger partial charge is 0.258 e. The van der Waals surface area contributed by atoms with Gasteiger partial charge in [0.2, 0.25) is 0 Å². The van der Waals surface area contributed by atoms with E-state index >= 15 is 0 Å². The van der Waals surface area contributed by atoms with Crippen LogP contribution in [-0.4, -0.2) is 40.8 Å². The number of ether oxygens (including phenoxy) is 1. The van der Waals surface area contributed by atoms with Crippen molar-refractivity contribution in [3.63, 3.8) is 0 Å². The van der Waals surface area contributed by atoms with Gasteiger partial charge in [-0.25, -0.2) is 4.98 Å². The molecule has 0 amide bonds. The molecule has 1 saturated heterocycles. The summed E-state index contributed by atoms with van der Waals surface area (Å²) in [6, 6.07) is 18.0. The third-order valence-electron chi connectivity index (χ3n) is 6.37. The van der Waals surface area contributed by atoms with Crippen molar-refractivity contribution in [2.45, 2.75) is 46.2 Å². The van der Waals surface area contributed by atoms with Crippen LogP contribution in [0.15, 0.2) is 53.3 Å². The Morgan fingerprint density at radius 2 is 1.76 bits per heavy atom. The SMILES string of the molecule is CCCc1nc(CC)c(CN2CCOCC2)c(=O)n1Cc1ccc(-c2ccccc2C#N)cc1.